The van der Waals surface area contributed by atoms with Crippen LogP contribution in [-0.4, -0.2) is 50.0 Å². The lowest BCUT2D eigenvalue weighted by Crippen LogP contribution is -2.49. The van der Waals surface area contributed by atoms with Crippen LogP contribution in [0.15, 0.2) is 48.5 Å². The minimum atomic E-state index is -3.51. The molecule has 37 heavy (non-hydrogen) atoms. The number of anilines is 1. The molecule has 2 aromatic carbocycles. The van der Waals surface area contributed by atoms with E-state index in [1.807, 2.05) is 62.4 Å². The molecule has 202 valence electrons. The molecule has 1 aliphatic carbocycles. The number of nitrogens with one attached hydrogen (secondary N) is 1. The van der Waals surface area contributed by atoms with Crippen LogP contribution in [0.5, 0.6) is 0 Å². The van der Waals surface area contributed by atoms with Crippen LogP contribution < -0.4 is 9.62 Å². The van der Waals surface area contributed by atoms with E-state index in [0.29, 0.717) is 18.7 Å². The van der Waals surface area contributed by atoms with Crippen molar-refractivity contribution in [2.24, 2.45) is 0 Å². The Bertz CT molecular complexity index is 1160. The Balaban J connectivity index is 1.72. The van der Waals surface area contributed by atoms with Gasteiger partial charge in [0.05, 0.1) is 11.9 Å². The minimum Gasteiger partial charge on any atom is -0.352 e. The Morgan fingerprint density at radius 2 is 1.70 bits per heavy atom. The summed E-state index contributed by atoms with van der Waals surface area (Å²) in [6.07, 6.45) is 6.73. The maximum atomic E-state index is 13.5. The summed E-state index contributed by atoms with van der Waals surface area (Å²) in [6, 6.07) is 14.9. The standard InChI is InChI=1S/C29H41N3O4S/c1-5-24-16-18-27(19-17-24)32(37(4,35)36)20-10-15-28(33)31(21-25-12-7-6-11-22(25)2)23(3)29(34)30-26-13-8-9-14-26/h6-7,11-12,16-19,23,26H,5,8-10,13-15,20-21H2,1-4H3,(H,30,34)/t23-/m1/s1. The highest BCUT2D eigenvalue weighted by Gasteiger charge is 2.29. The van der Waals surface area contributed by atoms with E-state index in [9.17, 15) is 18.0 Å². The molecular weight excluding hydrogens is 486 g/mol. The Labute approximate surface area is 222 Å². The smallest absolute Gasteiger partial charge is 0.242 e. The summed E-state index contributed by atoms with van der Waals surface area (Å²) in [5.41, 5.74) is 3.77. The van der Waals surface area contributed by atoms with Gasteiger partial charge >= 0.3 is 0 Å². The molecule has 7 nitrogen and oxygen atoms in total. The van der Waals surface area contributed by atoms with Crippen LogP contribution in [0.1, 0.15) is 69.1 Å². The van der Waals surface area contributed by atoms with Gasteiger partial charge in [-0.1, -0.05) is 56.2 Å². The van der Waals surface area contributed by atoms with E-state index in [1.165, 1.54) is 10.6 Å². The second-order valence-electron chi connectivity index (χ2n) is 10.1. The molecule has 1 saturated carbocycles. The highest BCUT2D eigenvalue weighted by atomic mass is 32.2. The normalized spacial score (nSPS) is 14.8. The summed E-state index contributed by atoms with van der Waals surface area (Å²) in [6.45, 7) is 6.34. The first-order valence-electron chi connectivity index (χ1n) is 13.3. The molecule has 0 heterocycles. The maximum absolute atomic E-state index is 13.5. The third kappa shape index (κ3) is 8.06. The summed E-state index contributed by atoms with van der Waals surface area (Å²) in [7, 11) is -3.51. The first-order valence-corrected chi connectivity index (χ1v) is 15.2. The fraction of sp³-hybridized carbons (Fsp3) is 0.517. The van der Waals surface area contributed by atoms with Crippen LogP contribution in [0.25, 0.3) is 0 Å². The van der Waals surface area contributed by atoms with E-state index in [2.05, 4.69) is 5.32 Å². The van der Waals surface area contributed by atoms with Crippen molar-refractivity contribution >= 4 is 27.5 Å². The van der Waals surface area contributed by atoms with Crippen molar-refractivity contribution in [1.82, 2.24) is 10.2 Å². The average molecular weight is 528 g/mol. The molecule has 1 atom stereocenters. The maximum Gasteiger partial charge on any atom is 0.242 e. The lowest BCUT2D eigenvalue weighted by Gasteiger charge is -2.30. The van der Waals surface area contributed by atoms with Crippen LogP contribution >= 0.6 is 0 Å². The molecular formula is C29H41N3O4S. The van der Waals surface area contributed by atoms with Crippen LogP contribution in [0, 0.1) is 6.92 Å². The van der Waals surface area contributed by atoms with Crippen LogP contribution in [0.2, 0.25) is 0 Å². The molecule has 0 aromatic heterocycles. The van der Waals surface area contributed by atoms with E-state index in [-0.39, 0.29) is 30.8 Å². The molecule has 8 heteroatoms. The summed E-state index contributed by atoms with van der Waals surface area (Å²) in [4.78, 5) is 28.2. The number of rotatable bonds is 12. The second kappa shape index (κ2) is 13.1. The highest BCUT2D eigenvalue weighted by molar-refractivity contribution is 7.92. The average Bonchev–Trinajstić information content (AvgIpc) is 3.38. The van der Waals surface area contributed by atoms with Crippen LogP contribution in [0.4, 0.5) is 5.69 Å². The molecule has 1 N–H and O–H groups in total. The summed E-state index contributed by atoms with van der Waals surface area (Å²) in [5.74, 6) is -0.297. The monoisotopic (exact) mass is 527 g/mol. The molecule has 1 aliphatic rings. The number of carbonyl (C=O) groups is 2. The van der Waals surface area contributed by atoms with Crippen molar-refractivity contribution in [3.8, 4) is 0 Å². The quantitative estimate of drug-likeness (QED) is 0.438. The van der Waals surface area contributed by atoms with Crippen molar-refractivity contribution in [3.63, 3.8) is 0 Å². The molecule has 0 radical (unpaired) electrons. The topological polar surface area (TPSA) is 86.8 Å². The Kier molecular flexibility index (Phi) is 10.1. The highest BCUT2D eigenvalue weighted by Crippen LogP contribution is 2.21. The zero-order valence-electron chi connectivity index (χ0n) is 22.6. The van der Waals surface area contributed by atoms with Crippen molar-refractivity contribution < 1.29 is 18.0 Å². The van der Waals surface area contributed by atoms with E-state index in [0.717, 1.165) is 48.8 Å². The van der Waals surface area contributed by atoms with Gasteiger partial charge in [-0.3, -0.25) is 13.9 Å². The van der Waals surface area contributed by atoms with Gasteiger partial charge in [0.25, 0.3) is 0 Å². The lowest BCUT2D eigenvalue weighted by molar-refractivity contribution is -0.141. The molecule has 0 spiro atoms. The van der Waals surface area contributed by atoms with Gasteiger partial charge in [-0.25, -0.2) is 8.42 Å². The lowest BCUT2D eigenvalue weighted by atomic mass is 10.1. The van der Waals surface area contributed by atoms with Gasteiger partial charge in [-0.05, 0) is 68.4 Å². The van der Waals surface area contributed by atoms with Gasteiger partial charge < -0.3 is 10.2 Å². The number of benzene rings is 2. The van der Waals surface area contributed by atoms with E-state index in [1.54, 1.807) is 11.8 Å². The third-order valence-corrected chi connectivity index (χ3v) is 8.45. The molecule has 2 amide bonds. The minimum absolute atomic E-state index is 0.136. The zero-order chi connectivity index (χ0) is 27.0. The first-order chi connectivity index (χ1) is 17.6. The summed E-state index contributed by atoms with van der Waals surface area (Å²) >= 11 is 0. The molecule has 0 unspecified atom stereocenters. The summed E-state index contributed by atoms with van der Waals surface area (Å²) < 4.78 is 26.4. The Hall–Kier alpha value is -2.87. The van der Waals surface area contributed by atoms with Gasteiger partial charge in [0.1, 0.15) is 6.04 Å². The predicted octanol–water partition coefficient (Wildman–Crippen LogP) is 4.58. The van der Waals surface area contributed by atoms with Gasteiger partial charge in [0.15, 0.2) is 0 Å². The Morgan fingerprint density at radius 1 is 1.05 bits per heavy atom. The van der Waals surface area contributed by atoms with Crippen molar-refractivity contribution in [3.05, 3.63) is 65.2 Å². The molecule has 2 aromatic rings. The van der Waals surface area contributed by atoms with E-state index >= 15 is 0 Å². The number of aryl methyl sites for hydroxylation is 2. The van der Waals surface area contributed by atoms with Crippen molar-refractivity contribution in [2.75, 3.05) is 17.1 Å². The van der Waals surface area contributed by atoms with Crippen LogP contribution in [-0.2, 0) is 32.6 Å². The first kappa shape index (κ1) is 28.7. The van der Waals surface area contributed by atoms with Gasteiger partial charge in [0.2, 0.25) is 21.8 Å². The number of hydrogen-bond donors (Lipinski definition) is 1. The fourth-order valence-electron chi connectivity index (χ4n) is 4.85. The fourth-order valence-corrected chi connectivity index (χ4v) is 5.81. The van der Waals surface area contributed by atoms with Gasteiger partial charge in [-0.2, -0.15) is 0 Å². The van der Waals surface area contributed by atoms with Gasteiger partial charge in [0, 0.05) is 25.6 Å². The SMILES string of the molecule is CCc1ccc(N(CCCC(=O)N(Cc2ccccc2C)[C@H](C)C(=O)NC2CCCC2)S(C)(=O)=O)cc1. The second-order valence-corrected chi connectivity index (χ2v) is 12.0. The van der Waals surface area contributed by atoms with Crippen molar-refractivity contribution in [1.29, 1.82) is 0 Å². The molecule has 0 bridgehead atoms. The Morgan fingerprint density at radius 3 is 2.30 bits per heavy atom. The third-order valence-electron chi connectivity index (χ3n) is 7.26. The van der Waals surface area contributed by atoms with E-state index < -0.39 is 16.1 Å². The number of sulfonamides is 1. The predicted molar refractivity (Wildman–Crippen MR) is 149 cm³/mol. The number of carbonyl (C=O) groups excluding carboxylic acids is 2. The van der Waals surface area contributed by atoms with Gasteiger partial charge in [-0.15, -0.1) is 0 Å². The van der Waals surface area contributed by atoms with Crippen molar-refractivity contribution in [2.45, 2.75) is 84.3 Å². The molecule has 1 fully saturated rings. The zero-order valence-corrected chi connectivity index (χ0v) is 23.4. The molecule has 0 aliphatic heterocycles. The molecule has 3 rings (SSSR count). The number of nitrogens with zero attached hydrogens (tertiary/aromatic N) is 2. The number of amides is 2. The number of hydrogen-bond acceptors (Lipinski definition) is 4. The largest absolute Gasteiger partial charge is 0.352 e. The summed E-state index contributed by atoms with van der Waals surface area (Å²) in [5, 5.41) is 3.12. The molecule has 0 saturated heterocycles. The van der Waals surface area contributed by atoms with Crippen LogP contribution in [0.3, 0.4) is 0 Å². The van der Waals surface area contributed by atoms with E-state index in [4.69, 9.17) is 0 Å².